The molecular formula is C16H21GeN. The zero-order chi connectivity index (χ0) is 13.3. The van der Waals surface area contributed by atoms with Crippen molar-refractivity contribution < 1.29 is 0 Å². The number of rotatable bonds is 2. The molecule has 1 nitrogen and oxygen atoms in total. The molecule has 0 atom stereocenters. The fourth-order valence-electron chi connectivity index (χ4n) is 2.30. The maximum absolute atomic E-state index is 4.66. The second-order valence-electron chi connectivity index (χ2n) is 6.00. The number of aromatic nitrogens is 1. The molecule has 0 radical (unpaired) electrons. The van der Waals surface area contributed by atoms with Crippen LogP contribution in [0.15, 0.2) is 36.5 Å². The van der Waals surface area contributed by atoms with E-state index in [1.807, 2.05) is 0 Å². The standard InChI is InChI=1S/C16H21GeN/c1-12-7-6-8-14(9-12)16-10-13(2)15(11-18-16)17(3,4)5/h6-11H,1-5H3. The van der Waals surface area contributed by atoms with Gasteiger partial charge < -0.3 is 0 Å². The summed E-state index contributed by atoms with van der Waals surface area (Å²) in [6.45, 7) is 4.34. The average molecular weight is 300 g/mol. The summed E-state index contributed by atoms with van der Waals surface area (Å²) in [7, 11) is 0. The molecule has 2 aromatic rings. The van der Waals surface area contributed by atoms with Gasteiger partial charge in [0.05, 0.1) is 0 Å². The summed E-state index contributed by atoms with van der Waals surface area (Å²) in [6, 6.07) is 10.8. The number of hydrogen-bond donors (Lipinski definition) is 0. The average Bonchev–Trinajstić information content (AvgIpc) is 2.27. The second-order valence-corrected chi connectivity index (χ2v) is 16.6. The van der Waals surface area contributed by atoms with E-state index in [0.29, 0.717) is 0 Å². The molecule has 1 aromatic heterocycles. The van der Waals surface area contributed by atoms with Crippen molar-refractivity contribution in [1.82, 2.24) is 4.98 Å². The van der Waals surface area contributed by atoms with Gasteiger partial charge in [0.1, 0.15) is 0 Å². The van der Waals surface area contributed by atoms with Crippen LogP contribution in [0.25, 0.3) is 11.3 Å². The Bertz CT molecular complexity index is 568. The minimum atomic E-state index is -1.78. The zero-order valence-electron chi connectivity index (χ0n) is 11.9. The van der Waals surface area contributed by atoms with Crippen molar-refractivity contribution in [3.8, 4) is 11.3 Å². The van der Waals surface area contributed by atoms with Gasteiger partial charge in [0.2, 0.25) is 0 Å². The van der Waals surface area contributed by atoms with Gasteiger partial charge in [-0.3, -0.25) is 0 Å². The Kier molecular flexibility index (Phi) is 3.62. The number of aryl methyl sites for hydroxylation is 2. The van der Waals surface area contributed by atoms with Gasteiger partial charge in [0, 0.05) is 0 Å². The molecule has 0 amide bonds. The molecule has 0 saturated heterocycles. The van der Waals surface area contributed by atoms with Gasteiger partial charge in [-0.1, -0.05) is 0 Å². The molecule has 1 aromatic carbocycles. The first-order chi connectivity index (χ1) is 8.38. The van der Waals surface area contributed by atoms with E-state index < -0.39 is 13.3 Å². The summed E-state index contributed by atoms with van der Waals surface area (Å²) in [6.07, 6.45) is 2.10. The summed E-state index contributed by atoms with van der Waals surface area (Å²) in [5.41, 5.74) is 4.98. The van der Waals surface area contributed by atoms with E-state index in [-0.39, 0.29) is 0 Å². The van der Waals surface area contributed by atoms with Crippen LogP contribution in [0.2, 0.25) is 17.3 Å². The molecule has 0 spiro atoms. The third-order valence-corrected chi connectivity index (χ3v) is 7.72. The molecule has 0 unspecified atom stereocenters. The second kappa shape index (κ2) is 4.89. The van der Waals surface area contributed by atoms with Crippen LogP contribution < -0.4 is 4.40 Å². The first-order valence-electron chi connectivity index (χ1n) is 6.42. The van der Waals surface area contributed by atoms with Crippen LogP contribution >= 0.6 is 0 Å². The molecule has 2 rings (SSSR count). The van der Waals surface area contributed by atoms with Crippen molar-refractivity contribution in [2.45, 2.75) is 31.1 Å². The fraction of sp³-hybridized carbons (Fsp3) is 0.312. The van der Waals surface area contributed by atoms with Crippen LogP contribution in [0.5, 0.6) is 0 Å². The van der Waals surface area contributed by atoms with Crippen molar-refractivity contribution in [3.05, 3.63) is 47.7 Å². The van der Waals surface area contributed by atoms with Gasteiger partial charge in [0.25, 0.3) is 0 Å². The molecule has 0 N–H and O–H groups in total. The van der Waals surface area contributed by atoms with Crippen LogP contribution in [0.3, 0.4) is 0 Å². The van der Waals surface area contributed by atoms with Crippen molar-refractivity contribution in [2.75, 3.05) is 0 Å². The van der Waals surface area contributed by atoms with E-state index in [1.54, 1.807) is 0 Å². The van der Waals surface area contributed by atoms with Gasteiger partial charge in [-0.2, -0.15) is 0 Å². The molecule has 18 heavy (non-hydrogen) atoms. The van der Waals surface area contributed by atoms with E-state index >= 15 is 0 Å². The Balaban J connectivity index is 2.47. The number of nitrogens with zero attached hydrogens (tertiary/aromatic N) is 1. The van der Waals surface area contributed by atoms with Gasteiger partial charge >= 0.3 is 113 Å². The Morgan fingerprint density at radius 2 is 1.72 bits per heavy atom. The van der Waals surface area contributed by atoms with Crippen LogP contribution in [-0.4, -0.2) is 18.3 Å². The normalized spacial score (nSPS) is 11.6. The summed E-state index contributed by atoms with van der Waals surface area (Å²) < 4.78 is 1.51. The summed E-state index contributed by atoms with van der Waals surface area (Å²) >= 11 is -1.78. The topological polar surface area (TPSA) is 12.9 Å². The minimum absolute atomic E-state index is 1.09. The number of benzene rings is 1. The predicted octanol–water partition coefficient (Wildman–Crippen LogP) is 3.91. The predicted molar refractivity (Wildman–Crippen MR) is 82.1 cm³/mol. The molecule has 0 saturated carbocycles. The van der Waals surface area contributed by atoms with E-state index in [1.165, 1.54) is 21.1 Å². The van der Waals surface area contributed by atoms with E-state index in [4.69, 9.17) is 0 Å². The van der Waals surface area contributed by atoms with Gasteiger partial charge in [-0.15, -0.1) is 0 Å². The monoisotopic (exact) mass is 301 g/mol. The van der Waals surface area contributed by atoms with Crippen LogP contribution in [0, 0.1) is 13.8 Å². The molecule has 0 bridgehead atoms. The van der Waals surface area contributed by atoms with Gasteiger partial charge in [0.15, 0.2) is 0 Å². The van der Waals surface area contributed by atoms with Crippen molar-refractivity contribution in [1.29, 1.82) is 0 Å². The molecule has 0 aliphatic heterocycles. The number of hydrogen-bond acceptors (Lipinski definition) is 1. The first-order valence-corrected chi connectivity index (χ1v) is 13.8. The van der Waals surface area contributed by atoms with E-state index in [0.717, 1.165) is 5.69 Å². The Morgan fingerprint density at radius 1 is 1.00 bits per heavy atom. The van der Waals surface area contributed by atoms with Gasteiger partial charge in [-0.05, 0) is 0 Å². The van der Waals surface area contributed by atoms with Crippen LogP contribution in [0.1, 0.15) is 11.1 Å². The Labute approximate surface area is 113 Å². The third-order valence-electron chi connectivity index (χ3n) is 3.23. The molecule has 94 valence electrons. The van der Waals surface area contributed by atoms with Crippen molar-refractivity contribution in [2.24, 2.45) is 0 Å². The SMILES string of the molecule is Cc1cccc(-c2cc(C)[c]([Ge]([CH3])([CH3])[CH3])cn2)c1. The molecule has 2 heteroatoms. The van der Waals surface area contributed by atoms with Crippen LogP contribution in [-0.2, 0) is 0 Å². The van der Waals surface area contributed by atoms with E-state index in [9.17, 15) is 0 Å². The molecular weight excluding hydrogens is 279 g/mol. The fourth-order valence-corrected chi connectivity index (χ4v) is 5.88. The molecule has 0 aliphatic rings. The molecule has 0 aliphatic carbocycles. The van der Waals surface area contributed by atoms with Crippen molar-refractivity contribution >= 4 is 17.7 Å². The number of pyridine rings is 1. The molecule has 1 heterocycles. The molecule has 0 fully saturated rings. The quantitative estimate of drug-likeness (QED) is 0.766. The summed E-state index contributed by atoms with van der Waals surface area (Å²) in [4.78, 5) is 4.66. The van der Waals surface area contributed by atoms with E-state index in [2.05, 4.69) is 72.6 Å². The van der Waals surface area contributed by atoms with Crippen LogP contribution in [0.4, 0.5) is 0 Å². The maximum atomic E-state index is 4.66. The summed E-state index contributed by atoms with van der Waals surface area (Å²) in [5, 5.41) is 0. The zero-order valence-corrected chi connectivity index (χ0v) is 14.0. The Morgan fingerprint density at radius 3 is 2.28 bits per heavy atom. The third kappa shape index (κ3) is 2.83. The summed E-state index contributed by atoms with van der Waals surface area (Å²) in [5.74, 6) is 7.24. The first kappa shape index (κ1) is 13.3. The van der Waals surface area contributed by atoms with Crippen molar-refractivity contribution in [3.63, 3.8) is 0 Å². The van der Waals surface area contributed by atoms with Gasteiger partial charge in [-0.25, -0.2) is 0 Å². The Hall–Kier alpha value is -1.09.